The fourth-order valence-electron chi connectivity index (χ4n) is 2.45. The lowest BCUT2D eigenvalue weighted by Crippen LogP contribution is -2.42. The highest BCUT2D eigenvalue weighted by molar-refractivity contribution is 6.30. The molecule has 0 bridgehead atoms. The number of nitrogens with one attached hydrogen (secondary N) is 2. The summed E-state index contributed by atoms with van der Waals surface area (Å²) in [5.41, 5.74) is 5.57. The van der Waals surface area contributed by atoms with E-state index >= 15 is 0 Å². The van der Waals surface area contributed by atoms with Crippen LogP contribution in [0.5, 0.6) is 5.75 Å². The Balaban J connectivity index is 1.69. The van der Waals surface area contributed by atoms with Gasteiger partial charge in [0.15, 0.2) is 0 Å². The molecular weight excluding hydrogens is 386 g/mol. The van der Waals surface area contributed by atoms with Crippen LogP contribution in [-0.4, -0.2) is 23.3 Å². The summed E-state index contributed by atoms with van der Waals surface area (Å²) in [6.45, 7) is 2.21. The van der Waals surface area contributed by atoms with E-state index in [1.807, 2.05) is 6.92 Å². The summed E-state index contributed by atoms with van der Waals surface area (Å²) < 4.78 is 5.59. The third kappa shape index (κ3) is 6.55. The Bertz CT molecular complexity index is 872. The second-order valence-electron chi connectivity index (χ2n) is 6.02. The number of amides is 2. The van der Waals surface area contributed by atoms with Crippen molar-refractivity contribution in [2.24, 2.45) is 0 Å². The Kier molecular flexibility index (Phi) is 7.76. The van der Waals surface area contributed by atoms with Gasteiger partial charge in [-0.3, -0.25) is 30.6 Å². The summed E-state index contributed by atoms with van der Waals surface area (Å²) in [6.07, 6.45) is 0.392. The van der Waals surface area contributed by atoms with Gasteiger partial charge in [0, 0.05) is 23.1 Å². The predicted octanol–water partition coefficient (Wildman–Crippen LogP) is 3.11. The van der Waals surface area contributed by atoms with Gasteiger partial charge in [-0.05, 0) is 37.1 Å². The zero-order valence-corrected chi connectivity index (χ0v) is 16.0. The van der Waals surface area contributed by atoms with E-state index in [2.05, 4.69) is 10.9 Å². The first-order valence-corrected chi connectivity index (χ1v) is 8.93. The van der Waals surface area contributed by atoms with Crippen molar-refractivity contribution in [2.75, 3.05) is 6.61 Å². The van der Waals surface area contributed by atoms with Crippen molar-refractivity contribution in [1.82, 2.24) is 10.9 Å². The summed E-state index contributed by atoms with van der Waals surface area (Å²) in [7, 11) is 0. The molecule has 2 rings (SSSR count). The van der Waals surface area contributed by atoms with Crippen LogP contribution in [0.2, 0.25) is 5.02 Å². The molecule has 0 fully saturated rings. The Morgan fingerprint density at radius 1 is 1.14 bits per heavy atom. The number of nitro benzene ring substituents is 1. The van der Waals surface area contributed by atoms with Crippen LogP contribution in [0, 0.1) is 17.0 Å². The number of carbonyl (C=O) groups excluding carboxylic acids is 2. The number of benzene rings is 2. The maximum atomic E-state index is 11.9. The number of carbonyl (C=O) groups is 2. The molecule has 0 aromatic heterocycles. The molecule has 2 N–H and O–H groups in total. The smallest absolute Gasteiger partial charge is 0.273 e. The van der Waals surface area contributed by atoms with Crippen LogP contribution in [0.1, 0.15) is 24.0 Å². The van der Waals surface area contributed by atoms with Gasteiger partial charge in [-0.15, -0.1) is 0 Å². The minimum absolute atomic E-state index is 0.140. The highest BCUT2D eigenvalue weighted by Gasteiger charge is 2.15. The Labute approximate surface area is 167 Å². The lowest BCUT2D eigenvalue weighted by Gasteiger charge is -2.10. The fraction of sp³-hybridized carbons (Fsp3) is 0.263. The average molecular weight is 406 g/mol. The number of aryl methyl sites for hydroxylation is 1. The van der Waals surface area contributed by atoms with E-state index in [4.69, 9.17) is 16.3 Å². The summed E-state index contributed by atoms with van der Waals surface area (Å²) >= 11 is 5.88. The Hall–Kier alpha value is -3.13. The minimum atomic E-state index is -0.552. The number of ether oxygens (including phenoxy) is 1. The number of para-hydroxylation sites is 1. The molecule has 0 radical (unpaired) electrons. The molecule has 148 valence electrons. The second-order valence-corrected chi connectivity index (χ2v) is 6.46. The molecule has 0 spiro atoms. The summed E-state index contributed by atoms with van der Waals surface area (Å²) in [5.74, 6) is -0.231. The summed E-state index contributed by atoms with van der Waals surface area (Å²) in [5, 5.41) is 11.6. The number of hydrogen-bond donors (Lipinski definition) is 2. The monoisotopic (exact) mass is 405 g/mol. The lowest BCUT2D eigenvalue weighted by molar-refractivity contribution is -0.385. The molecule has 0 aliphatic rings. The van der Waals surface area contributed by atoms with Crippen LogP contribution in [0.25, 0.3) is 0 Å². The Morgan fingerprint density at radius 3 is 2.57 bits per heavy atom. The first kappa shape index (κ1) is 21.2. The van der Waals surface area contributed by atoms with Crippen molar-refractivity contribution < 1.29 is 19.2 Å². The van der Waals surface area contributed by atoms with E-state index in [1.165, 1.54) is 18.2 Å². The van der Waals surface area contributed by atoms with Crippen molar-refractivity contribution in [3.63, 3.8) is 0 Å². The molecule has 0 unspecified atom stereocenters. The molecule has 0 heterocycles. The molecule has 0 saturated heterocycles. The van der Waals surface area contributed by atoms with Crippen molar-refractivity contribution >= 4 is 29.1 Å². The van der Waals surface area contributed by atoms with Crippen molar-refractivity contribution in [1.29, 1.82) is 0 Å². The van der Waals surface area contributed by atoms with Gasteiger partial charge < -0.3 is 4.74 Å². The molecular formula is C19H20ClN3O5. The number of hydrogen-bond acceptors (Lipinski definition) is 5. The molecule has 8 nitrogen and oxygen atoms in total. The number of hydrazine groups is 1. The van der Waals surface area contributed by atoms with Gasteiger partial charge in [0.1, 0.15) is 5.75 Å². The van der Waals surface area contributed by atoms with Gasteiger partial charge in [0.25, 0.3) is 5.69 Å². The normalized spacial score (nSPS) is 10.2. The number of rotatable bonds is 8. The van der Waals surface area contributed by atoms with Gasteiger partial charge in [-0.1, -0.05) is 29.8 Å². The molecule has 2 aromatic rings. The zero-order chi connectivity index (χ0) is 20.5. The summed E-state index contributed by atoms with van der Waals surface area (Å²) in [6, 6.07) is 11.2. The topological polar surface area (TPSA) is 111 Å². The van der Waals surface area contributed by atoms with Gasteiger partial charge >= 0.3 is 0 Å². The molecule has 28 heavy (non-hydrogen) atoms. The van der Waals surface area contributed by atoms with E-state index < -0.39 is 10.8 Å². The van der Waals surface area contributed by atoms with E-state index in [-0.39, 0.29) is 30.0 Å². The maximum Gasteiger partial charge on any atom is 0.273 e. The Morgan fingerprint density at radius 2 is 1.86 bits per heavy atom. The van der Waals surface area contributed by atoms with Crippen LogP contribution in [0.15, 0.2) is 42.5 Å². The standard InChI is InChI=1S/C19H20ClN3O5/c1-13-11-15(20)8-9-17(13)28-10-4-7-18(24)21-22-19(25)12-14-5-2-3-6-16(14)23(26)27/h2-3,5-6,8-9,11H,4,7,10,12H2,1H3,(H,21,24)(H,22,25). The van der Waals surface area contributed by atoms with Crippen LogP contribution in [0.4, 0.5) is 5.69 Å². The van der Waals surface area contributed by atoms with E-state index in [0.717, 1.165) is 5.56 Å². The highest BCUT2D eigenvalue weighted by atomic mass is 35.5. The molecule has 0 saturated carbocycles. The van der Waals surface area contributed by atoms with Crippen molar-refractivity contribution in [3.05, 3.63) is 68.7 Å². The predicted molar refractivity (Wildman–Crippen MR) is 104 cm³/mol. The van der Waals surface area contributed by atoms with Gasteiger partial charge in [-0.2, -0.15) is 0 Å². The van der Waals surface area contributed by atoms with E-state index in [0.29, 0.717) is 23.8 Å². The number of halogens is 1. The first-order chi connectivity index (χ1) is 13.4. The quantitative estimate of drug-likeness (QED) is 0.398. The van der Waals surface area contributed by atoms with Crippen LogP contribution in [0.3, 0.4) is 0 Å². The second kappa shape index (κ2) is 10.3. The molecule has 9 heteroatoms. The van der Waals surface area contributed by atoms with Gasteiger partial charge in [0.2, 0.25) is 11.8 Å². The fourth-order valence-corrected chi connectivity index (χ4v) is 2.67. The third-order valence-corrected chi connectivity index (χ3v) is 4.06. The lowest BCUT2D eigenvalue weighted by atomic mass is 10.1. The van der Waals surface area contributed by atoms with Crippen LogP contribution >= 0.6 is 11.6 Å². The molecule has 2 amide bonds. The first-order valence-electron chi connectivity index (χ1n) is 8.55. The average Bonchev–Trinajstić information content (AvgIpc) is 2.65. The van der Waals surface area contributed by atoms with E-state index in [1.54, 1.807) is 24.3 Å². The van der Waals surface area contributed by atoms with Crippen LogP contribution in [-0.2, 0) is 16.0 Å². The third-order valence-electron chi connectivity index (χ3n) is 3.82. The minimum Gasteiger partial charge on any atom is -0.493 e. The molecule has 2 aromatic carbocycles. The van der Waals surface area contributed by atoms with Crippen molar-refractivity contribution in [2.45, 2.75) is 26.2 Å². The molecule has 0 atom stereocenters. The van der Waals surface area contributed by atoms with Crippen molar-refractivity contribution in [3.8, 4) is 5.75 Å². The van der Waals surface area contributed by atoms with Crippen LogP contribution < -0.4 is 15.6 Å². The number of nitro groups is 1. The maximum absolute atomic E-state index is 11.9. The largest absolute Gasteiger partial charge is 0.493 e. The van der Waals surface area contributed by atoms with Gasteiger partial charge in [-0.25, -0.2) is 0 Å². The number of nitrogens with zero attached hydrogens (tertiary/aromatic N) is 1. The van der Waals surface area contributed by atoms with Gasteiger partial charge in [0.05, 0.1) is 18.0 Å². The molecule has 0 aliphatic heterocycles. The molecule has 0 aliphatic carbocycles. The highest BCUT2D eigenvalue weighted by Crippen LogP contribution is 2.22. The summed E-state index contributed by atoms with van der Waals surface area (Å²) in [4.78, 5) is 34.1. The SMILES string of the molecule is Cc1cc(Cl)ccc1OCCCC(=O)NNC(=O)Cc1ccccc1[N+](=O)[O-]. The van der Waals surface area contributed by atoms with E-state index in [9.17, 15) is 19.7 Å². The zero-order valence-electron chi connectivity index (χ0n) is 15.2.